The van der Waals surface area contributed by atoms with Gasteiger partial charge in [0.2, 0.25) is 0 Å². The van der Waals surface area contributed by atoms with Crippen LogP contribution in [0.1, 0.15) is 48.0 Å². The molecule has 0 aliphatic carbocycles. The molecule has 1 aliphatic rings. The monoisotopic (exact) mass is 226 g/mol. The minimum atomic E-state index is 0.449. The van der Waals surface area contributed by atoms with E-state index in [2.05, 4.69) is 51.8 Å². The van der Waals surface area contributed by atoms with Crippen molar-refractivity contribution in [1.29, 1.82) is 0 Å². The van der Waals surface area contributed by atoms with Gasteiger partial charge >= 0.3 is 0 Å². The number of nitrogens with one attached hydrogen (secondary N) is 1. The molecule has 0 aromatic heterocycles. The molecule has 1 N–H and O–H groups in total. The molecule has 1 fully saturated rings. The van der Waals surface area contributed by atoms with Crippen LogP contribution in [0.25, 0.3) is 0 Å². The van der Waals surface area contributed by atoms with E-state index in [9.17, 15) is 0 Å². The van der Waals surface area contributed by atoms with E-state index >= 15 is 0 Å². The van der Waals surface area contributed by atoms with Gasteiger partial charge in [0.25, 0.3) is 0 Å². The lowest BCUT2D eigenvalue weighted by Gasteiger charge is -2.44. The van der Waals surface area contributed by atoms with Crippen molar-refractivity contribution >= 4 is 0 Å². The highest BCUT2D eigenvalue weighted by Crippen LogP contribution is 2.25. The van der Waals surface area contributed by atoms with Gasteiger partial charge in [0.15, 0.2) is 0 Å². The highest BCUT2D eigenvalue weighted by atomic mass is 15.2. The summed E-state index contributed by atoms with van der Waals surface area (Å²) in [4.78, 5) is 2.70. The minimum absolute atomic E-state index is 0.449. The molecule has 16 heavy (non-hydrogen) atoms. The molecule has 1 rings (SSSR count). The highest BCUT2D eigenvalue weighted by molar-refractivity contribution is 4.88. The molecule has 2 unspecified atom stereocenters. The second kappa shape index (κ2) is 5.50. The fourth-order valence-corrected chi connectivity index (χ4v) is 2.50. The summed E-state index contributed by atoms with van der Waals surface area (Å²) in [7, 11) is 0. The fraction of sp³-hybridized carbons (Fsp3) is 1.00. The van der Waals surface area contributed by atoms with Crippen molar-refractivity contribution in [3.63, 3.8) is 0 Å². The van der Waals surface area contributed by atoms with Gasteiger partial charge in [0, 0.05) is 31.7 Å². The molecule has 1 saturated heterocycles. The molecule has 0 bridgehead atoms. The zero-order valence-corrected chi connectivity index (χ0v) is 12.0. The van der Waals surface area contributed by atoms with Gasteiger partial charge in [-0.05, 0) is 24.7 Å². The smallest absolute Gasteiger partial charge is 0.0244 e. The van der Waals surface area contributed by atoms with Crippen molar-refractivity contribution in [3.8, 4) is 0 Å². The summed E-state index contributed by atoms with van der Waals surface area (Å²) in [6.07, 6.45) is 1.26. The van der Waals surface area contributed by atoms with Gasteiger partial charge in [-0.25, -0.2) is 0 Å². The second-order valence-electron chi connectivity index (χ2n) is 6.57. The first-order valence-electron chi connectivity index (χ1n) is 6.83. The first kappa shape index (κ1) is 14.0. The average Bonchev–Trinajstić information content (AvgIpc) is 2.16. The van der Waals surface area contributed by atoms with Gasteiger partial charge in [-0.15, -0.1) is 0 Å². The maximum Gasteiger partial charge on any atom is 0.0244 e. The summed E-state index contributed by atoms with van der Waals surface area (Å²) in [6.45, 7) is 17.6. The lowest BCUT2D eigenvalue weighted by molar-refractivity contribution is 0.0625. The zero-order valence-electron chi connectivity index (χ0n) is 12.0. The number of rotatable bonds is 4. The van der Waals surface area contributed by atoms with Crippen LogP contribution in [0.3, 0.4) is 0 Å². The van der Waals surface area contributed by atoms with Crippen molar-refractivity contribution in [2.24, 2.45) is 11.3 Å². The predicted molar refractivity (Wildman–Crippen MR) is 71.7 cm³/mol. The van der Waals surface area contributed by atoms with E-state index in [0.717, 1.165) is 12.5 Å². The first-order valence-corrected chi connectivity index (χ1v) is 6.83. The van der Waals surface area contributed by atoms with Crippen molar-refractivity contribution in [2.75, 3.05) is 19.6 Å². The van der Waals surface area contributed by atoms with Crippen LogP contribution in [0.4, 0.5) is 0 Å². The van der Waals surface area contributed by atoms with Crippen molar-refractivity contribution in [3.05, 3.63) is 0 Å². The van der Waals surface area contributed by atoms with Gasteiger partial charge in [0.1, 0.15) is 0 Å². The van der Waals surface area contributed by atoms with Crippen LogP contribution in [-0.4, -0.2) is 36.6 Å². The Labute approximate surface area is 102 Å². The third-order valence-electron chi connectivity index (χ3n) is 4.01. The first-order chi connectivity index (χ1) is 7.35. The van der Waals surface area contributed by atoms with E-state index in [-0.39, 0.29) is 0 Å². The summed E-state index contributed by atoms with van der Waals surface area (Å²) >= 11 is 0. The van der Waals surface area contributed by atoms with Crippen LogP contribution in [0.2, 0.25) is 0 Å². The largest absolute Gasteiger partial charge is 0.311 e. The van der Waals surface area contributed by atoms with Crippen LogP contribution in [0.5, 0.6) is 0 Å². The molecule has 2 atom stereocenters. The van der Waals surface area contributed by atoms with Gasteiger partial charge in [-0.1, -0.05) is 34.6 Å². The molecule has 96 valence electrons. The topological polar surface area (TPSA) is 15.3 Å². The predicted octanol–water partition coefficient (Wildman–Crippen LogP) is 2.74. The molecular weight excluding hydrogens is 196 g/mol. The molecule has 0 aromatic carbocycles. The Bertz CT molecular complexity index is 211. The Kier molecular flexibility index (Phi) is 4.81. The number of piperazine rings is 1. The molecule has 0 saturated carbocycles. The maximum absolute atomic E-state index is 3.61. The Balaban J connectivity index is 2.64. The van der Waals surface area contributed by atoms with Crippen LogP contribution >= 0.6 is 0 Å². The highest BCUT2D eigenvalue weighted by Gasteiger charge is 2.31. The molecule has 0 aromatic rings. The molecular formula is C14H30N2. The van der Waals surface area contributed by atoms with E-state index < -0.39 is 0 Å². The minimum Gasteiger partial charge on any atom is -0.311 e. The summed E-state index contributed by atoms with van der Waals surface area (Å²) in [6, 6.07) is 1.35. The fourth-order valence-electron chi connectivity index (χ4n) is 2.50. The van der Waals surface area contributed by atoms with Crippen LogP contribution < -0.4 is 5.32 Å². The average molecular weight is 226 g/mol. The molecule has 1 aliphatic heterocycles. The third kappa shape index (κ3) is 3.74. The zero-order chi connectivity index (χ0) is 12.3. The molecule has 2 nitrogen and oxygen atoms in total. The van der Waals surface area contributed by atoms with Gasteiger partial charge in [-0.2, -0.15) is 0 Å². The Morgan fingerprint density at radius 3 is 2.50 bits per heavy atom. The van der Waals surface area contributed by atoms with Crippen LogP contribution in [0, 0.1) is 11.3 Å². The Hall–Kier alpha value is -0.0800. The lowest BCUT2D eigenvalue weighted by Crippen LogP contribution is -2.58. The molecule has 0 spiro atoms. The van der Waals surface area contributed by atoms with E-state index in [0.29, 0.717) is 17.5 Å². The molecule has 2 heteroatoms. The van der Waals surface area contributed by atoms with Crippen molar-refractivity contribution in [2.45, 2.75) is 60.0 Å². The van der Waals surface area contributed by atoms with Gasteiger partial charge in [-0.3, -0.25) is 4.90 Å². The maximum atomic E-state index is 3.61. The number of hydrogen-bond acceptors (Lipinski definition) is 2. The Morgan fingerprint density at radius 1 is 1.38 bits per heavy atom. The quantitative estimate of drug-likeness (QED) is 0.793. The summed E-state index contributed by atoms with van der Waals surface area (Å²) in [5.74, 6) is 0.743. The van der Waals surface area contributed by atoms with E-state index in [1.54, 1.807) is 0 Å². The van der Waals surface area contributed by atoms with Crippen LogP contribution in [0.15, 0.2) is 0 Å². The second-order valence-corrected chi connectivity index (χ2v) is 6.57. The summed E-state index contributed by atoms with van der Waals surface area (Å²) < 4.78 is 0. The van der Waals surface area contributed by atoms with E-state index in [1.807, 2.05) is 0 Å². The standard InChI is InChI=1S/C14H30N2/c1-7-14(5,6)10-16-9-12(4)15-8-13(16)11(2)3/h11-13,15H,7-10H2,1-6H3. The van der Waals surface area contributed by atoms with Crippen molar-refractivity contribution < 1.29 is 0 Å². The SMILES string of the molecule is CCC(C)(C)CN1CC(C)NCC1C(C)C. The van der Waals surface area contributed by atoms with E-state index in [4.69, 9.17) is 0 Å². The lowest BCUT2D eigenvalue weighted by atomic mass is 9.87. The molecule has 1 heterocycles. The molecule has 0 radical (unpaired) electrons. The normalized spacial score (nSPS) is 28.7. The van der Waals surface area contributed by atoms with E-state index in [1.165, 1.54) is 19.5 Å². The van der Waals surface area contributed by atoms with Crippen LogP contribution in [-0.2, 0) is 0 Å². The third-order valence-corrected chi connectivity index (χ3v) is 4.01. The number of nitrogens with zero attached hydrogens (tertiary/aromatic N) is 1. The summed E-state index contributed by atoms with van der Waals surface area (Å²) in [5, 5.41) is 3.61. The van der Waals surface area contributed by atoms with Gasteiger partial charge < -0.3 is 5.32 Å². The Morgan fingerprint density at radius 2 is 2.00 bits per heavy atom. The summed E-state index contributed by atoms with van der Waals surface area (Å²) in [5.41, 5.74) is 0.449. The van der Waals surface area contributed by atoms with Gasteiger partial charge in [0.05, 0.1) is 0 Å². The number of hydrogen-bond donors (Lipinski definition) is 1. The van der Waals surface area contributed by atoms with Crippen molar-refractivity contribution in [1.82, 2.24) is 10.2 Å². The molecule has 0 amide bonds.